The molecule has 7 N–H and O–H groups in total. The number of methoxy groups -OCH3 is 3. The van der Waals surface area contributed by atoms with Crippen molar-refractivity contribution in [1.82, 2.24) is 37.2 Å². The van der Waals surface area contributed by atoms with E-state index in [1.165, 1.54) is 0 Å². The zero-order valence-corrected chi connectivity index (χ0v) is 47.2. The maximum atomic E-state index is 13.8. The first kappa shape index (κ1) is 66.2. The number of hydrogen-bond acceptors (Lipinski definition) is 14. The minimum atomic E-state index is -1.34. The summed E-state index contributed by atoms with van der Waals surface area (Å²) in [5.74, 6) is -0.104. The molecule has 2 atom stereocenters. The Balaban J connectivity index is 1.60. The Hall–Kier alpha value is -7.10. The number of ether oxygens (including phenoxy) is 6. The second kappa shape index (κ2) is 37.7. The minimum Gasteiger partial charge on any atom is -0.497 e. The van der Waals surface area contributed by atoms with E-state index in [9.17, 15) is 38.4 Å². The number of Topliss-reactive ketones (excluding diaryl/α,β-unsaturated/α-hetero) is 1. The van der Waals surface area contributed by atoms with E-state index in [4.69, 9.17) is 28.4 Å². The number of amides is 7. The highest BCUT2D eigenvalue weighted by Crippen LogP contribution is 2.21. The van der Waals surface area contributed by atoms with Crippen LogP contribution in [0.1, 0.15) is 117 Å². The molecular formula is C58H85N7O14. The van der Waals surface area contributed by atoms with E-state index in [0.717, 1.165) is 0 Å². The van der Waals surface area contributed by atoms with Gasteiger partial charge in [0.15, 0.2) is 0 Å². The first-order chi connectivity index (χ1) is 38.0. The van der Waals surface area contributed by atoms with Gasteiger partial charge in [-0.05, 0) is 111 Å². The summed E-state index contributed by atoms with van der Waals surface area (Å²) in [6.45, 7) is 8.92. The van der Waals surface area contributed by atoms with Gasteiger partial charge in [0, 0.05) is 93.5 Å². The van der Waals surface area contributed by atoms with Gasteiger partial charge in [-0.25, -0.2) is 0 Å². The van der Waals surface area contributed by atoms with Gasteiger partial charge in [0.2, 0.25) is 23.6 Å². The summed E-state index contributed by atoms with van der Waals surface area (Å²) in [5, 5.41) is 20.0. The summed E-state index contributed by atoms with van der Waals surface area (Å²) < 4.78 is 33.6. The van der Waals surface area contributed by atoms with Crippen LogP contribution >= 0.6 is 0 Å². The molecule has 0 aliphatic heterocycles. The maximum absolute atomic E-state index is 13.8. The average molecular weight is 1100 g/mol. The lowest BCUT2D eigenvalue weighted by Gasteiger charge is -2.34. The first-order valence-electron chi connectivity index (χ1n) is 27.1. The molecule has 21 nitrogen and oxygen atoms in total. The largest absolute Gasteiger partial charge is 0.497 e. The molecule has 436 valence electrons. The van der Waals surface area contributed by atoms with E-state index in [0.29, 0.717) is 105 Å². The minimum absolute atomic E-state index is 0.0224. The topological polar surface area (TPSA) is 276 Å². The number of carbonyl (C=O) groups excluding carboxylic acids is 8. The monoisotopic (exact) mass is 1100 g/mol. The smallest absolute Gasteiger partial charge is 0.251 e. The second-order valence-corrected chi connectivity index (χ2v) is 19.6. The van der Waals surface area contributed by atoms with Gasteiger partial charge < -0.3 is 65.6 Å². The maximum Gasteiger partial charge on any atom is 0.251 e. The van der Waals surface area contributed by atoms with Gasteiger partial charge in [-0.2, -0.15) is 0 Å². The number of benzene rings is 3. The normalized spacial score (nSPS) is 11.8. The summed E-state index contributed by atoms with van der Waals surface area (Å²) in [7, 11) is 4.63. The molecule has 0 saturated carbocycles. The lowest BCUT2D eigenvalue weighted by atomic mass is 9.87. The van der Waals surface area contributed by atoms with Crippen LogP contribution in [0.15, 0.2) is 72.8 Å². The molecule has 0 aliphatic carbocycles. The molecule has 0 fully saturated rings. The van der Waals surface area contributed by atoms with Crippen LogP contribution in [0.25, 0.3) is 0 Å². The van der Waals surface area contributed by atoms with Gasteiger partial charge in [0.05, 0.1) is 61.0 Å². The predicted molar refractivity (Wildman–Crippen MR) is 298 cm³/mol. The molecule has 7 amide bonds. The molecule has 3 aromatic rings. The molecule has 0 radical (unpaired) electrons. The van der Waals surface area contributed by atoms with Crippen molar-refractivity contribution in [2.45, 2.75) is 91.0 Å². The number of carbonyl (C=O) groups is 8. The van der Waals surface area contributed by atoms with Crippen LogP contribution in [0.2, 0.25) is 0 Å². The second-order valence-electron chi connectivity index (χ2n) is 19.6. The fourth-order valence-corrected chi connectivity index (χ4v) is 8.03. The van der Waals surface area contributed by atoms with Crippen molar-refractivity contribution < 1.29 is 66.8 Å². The molecule has 0 heterocycles. The highest BCUT2D eigenvalue weighted by atomic mass is 16.5. The first-order valence-corrected chi connectivity index (χ1v) is 27.1. The molecule has 2 unspecified atom stereocenters. The number of nitrogens with one attached hydrogen (secondary N) is 7. The third kappa shape index (κ3) is 27.4. The molecule has 0 saturated heterocycles. The Morgan fingerprint density at radius 2 is 0.747 bits per heavy atom. The van der Waals surface area contributed by atoms with E-state index >= 15 is 0 Å². The highest BCUT2D eigenvalue weighted by molar-refractivity contribution is 5.95. The van der Waals surface area contributed by atoms with E-state index in [-0.39, 0.29) is 130 Å². The summed E-state index contributed by atoms with van der Waals surface area (Å²) in [6.07, 6.45) is 2.59. The van der Waals surface area contributed by atoms with Crippen molar-refractivity contribution in [3.63, 3.8) is 0 Å². The van der Waals surface area contributed by atoms with Crippen molar-refractivity contribution in [2.75, 3.05) is 100 Å². The Kier molecular flexibility index (Phi) is 31.6. The molecular weight excluding hydrogens is 1020 g/mol. The van der Waals surface area contributed by atoms with Crippen LogP contribution < -0.4 is 51.4 Å². The number of ketones is 1. The van der Waals surface area contributed by atoms with Crippen molar-refractivity contribution in [2.24, 2.45) is 17.8 Å². The summed E-state index contributed by atoms with van der Waals surface area (Å²) in [5.41, 5.74) is 0.107. The molecule has 79 heavy (non-hydrogen) atoms. The van der Waals surface area contributed by atoms with Gasteiger partial charge in [-0.3, -0.25) is 38.4 Å². The van der Waals surface area contributed by atoms with Gasteiger partial charge in [0.1, 0.15) is 28.6 Å². The highest BCUT2D eigenvalue weighted by Gasteiger charge is 2.34. The Morgan fingerprint density at radius 3 is 1.05 bits per heavy atom. The average Bonchev–Trinajstić information content (AvgIpc) is 3.45. The quantitative estimate of drug-likeness (QED) is 0.0384. The van der Waals surface area contributed by atoms with Crippen LogP contribution in [0, 0.1) is 17.8 Å². The zero-order valence-electron chi connectivity index (χ0n) is 47.2. The number of rotatable bonds is 41. The fourth-order valence-electron chi connectivity index (χ4n) is 8.03. The van der Waals surface area contributed by atoms with Crippen LogP contribution in [0.3, 0.4) is 0 Å². The van der Waals surface area contributed by atoms with E-state index in [2.05, 4.69) is 37.2 Å². The molecule has 0 spiro atoms. The van der Waals surface area contributed by atoms with Gasteiger partial charge in [-0.15, -0.1) is 0 Å². The molecule has 0 bridgehead atoms. The van der Waals surface area contributed by atoms with Gasteiger partial charge in [-0.1, -0.05) is 27.7 Å². The van der Waals surface area contributed by atoms with Crippen LogP contribution in [-0.2, 0) is 38.2 Å². The SMILES string of the molecule is COc1ccc(C(=O)NCCCNC(=O)CCOCC(COCCC(=O)NCCCNC(=O)c2ccc(OC)cc2)(COCCC(=O)NCCCNC(=O)c2ccc(OC)cc2)NC(=O)CCC(C)CC(C)C(=O)C(C)C)cc1. The summed E-state index contributed by atoms with van der Waals surface area (Å²) in [4.78, 5) is 103. The summed E-state index contributed by atoms with van der Waals surface area (Å²) >= 11 is 0. The van der Waals surface area contributed by atoms with E-state index in [1.807, 2.05) is 27.7 Å². The van der Waals surface area contributed by atoms with Gasteiger partial charge >= 0.3 is 0 Å². The Labute approximate surface area is 465 Å². The fraction of sp³-hybridized carbons (Fsp3) is 0.552. The third-order valence-corrected chi connectivity index (χ3v) is 12.6. The van der Waals surface area contributed by atoms with E-state index < -0.39 is 5.54 Å². The Morgan fingerprint density at radius 1 is 0.430 bits per heavy atom. The van der Waals surface area contributed by atoms with Crippen molar-refractivity contribution in [3.05, 3.63) is 89.5 Å². The zero-order chi connectivity index (χ0) is 57.8. The van der Waals surface area contributed by atoms with Crippen LogP contribution in [-0.4, -0.2) is 153 Å². The molecule has 3 aromatic carbocycles. The number of hydrogen-bond donors (Lipinski definition) is 7. The molecule has 0 aromatic heterocycles. The van der Waals surface area contributed by atoms with Crippen molar-refractivity contribution in [3.8, 4) is 17.2 Å². The van der Waals surface area contributed by atoms with Gasteiger partial charge in [0.25, 0.3) is 17.7 Å². The molecule has 21 heteroatoms. The van der Waals surface area contributed by atoms with Crippen molar-refractivity contribution in [1.29, 1.82) is 0 Å². The lowest BCUT2D eigenvalue weighted by molar-refractivity contribution is -0.131. The Bertz CT molecular complexity index is 2120. The third-order valence-electron chi connectivity index (χ3n) is 12.6. The molecule has 0 aliphatic rings. The van der Waals surface area contributed by atoms with Crippen LogP contribution in [0.4, 0.5) is 0 Å². The predicted octanol–water partition coefficient (Wildman–Crippen LogP) is 4.56. The summed E-state index contributed by atoms with van der Waals surface area (Å²) in [6, 6.07) is 20.1. The molecule has 3 rings (SSSR count). The lowest BCUT2D eigenvalue weighted by Crippen LogP contribution is -2.58. The van der Waals surface area contributed by atoms with Crippen LogP contribution in [0.5, 0.6) is 17.2 Å². The van der Waals surface area contributed by atoms with E-state index in [1.54, 1.807) is 94.1 Å². The van der Waals surface area contributed by atoms with Crippen molar-refractivity contribution >= 4 is 47.1 Å². The standard InChI is InChI=1S/C58H85N7O14/c1-41(2)54(70)43(4)37-42(3)11-24-53(69)65-58(38-77-34-25-50(66)59-28-8-31-62-55(71)44-12-18-47(74-5)19-13-44,39-78-35-26-51(67)60-29-9-32-63-56(72)45-14-20-48(75-6)21-15-45)40-79-36-27-52(68)61-30-10-33-64-57(73)46-16-22-49(76-7)23-17-46/h12-23,41-43H,8-11,24-40H2,1-7H3,(H,59,66)(H,60,67)(H,61,68)(H,62,71)(H,63,72)(H,64,73)(H,65,69).